The molecule has 1 aliphatic heterocycles. The number of aliphatic hydroxyl groups is 1. The molecule has 0 fully saturated rings. The Labute approximate surface area is 199 Å². The Morgan fingerprint density at radius 3 is 2.53 bits per heavy atom. The molecule has 2 aromatic carbocycles. The van der Waals surface area contributed by atoms with Crippen molar-refractivity contribution in [3.8, 4) is 5.75 Å². The minimum Gasteiger partial charge on any atom is -0.503 e. The molecule has 0 radical (unpaired) electrons. The topological polar surface area (TPSA) is 83.2 Å². The van der Waals surface area contributed by atoms with Gasteiger partial charge in [0.25, 0.3) is 5.91 Å². The highest BCUT2D eigenvalue weighted by molar-refractivity contribution is 6.16. The Balaban J connectivity index is 1.70. The third-order valence-corrected chi connectivity index (χ3v) is 6.38. The van der Waals surface area contributed by atoms with Crippen molar-refractivity contribution in [1.29, 1.82) is 0 Å². The SMILES string of the molecule is CCN(CC)CCCN1C(=O)C(O)=C(C(=O)c2cc3cccc(OC)c3o2)[C@@H]1c1ccccc1. The molecule has 34 heavy (non-hydrogen) atoms. The van der Waals surface area contributed by atoms with Gasteiger partial charge >= 0.3 is 0 Å². The number of hydrogen-bond acceptors (Lipinski definition) is 6. The van der Waals surface area contributed by atoms with E-state index < -0.39 is 23.5 Å². The van der Waals surface area contributed by atoms with E-state index in [1.54, 1.807) is 17.0 Å². The van der Waals surface area contributed by atoms with Gasteiger partial charge in [0, 0.05) is 11.9 Å². The first-order chi connectivity index (χ1) is 16.5. The van der Waals surface area contributed by atoms with E-state index in [0.29, 0.717) is 23.3 Å². The fourth-order valence-corrected chi connectivity index (χ4v) is 4.54. The maximum absolute atomic E-state index is 13.6. The predicted octanol–water partition coefficient (Wildman–Crippen LogP) is 4.75. The quantitative estimate of drug-likeness (QED) is 0.438. The molecule has 0 saturated heterocycles. The molecule has 3 aromatic rings. The predicted molar refractivity (Wildman–Crippen MR) is 130 cm³/mol. The normalized spacial score (nSPS) is 16.2. The summed E-state index contributed by atoms with van der Waals surface area (Å²) in [6.07, 6.45) is 0.730. The smallest absolute Gasteiger partial charge is 0.290 e. The summed E-state index contributed by atoms with van der Waals surface area (Å²) in [5.41, 5.74) is 1.25. The molecule has 1 atom stereocenters. The molecule has 0 aliphatic carbocycles. The number of hydrogen-bond donors (Lipinski definition) is 1. The molecule has 0 unspecified atom stereocenters. The van der Waals surface area contributed by atoms with Gasteiger partial charge in [-0.1, -0.05) is 56.3 Å². The van der Waals surface area contributed by atoms with E-state index >= 15 is 0 Å². The second-order valence-electron chi connectivity index (χ2n) is 8.27. The van der Waals surface area contributed by atoms with Crippen LogP contribution in [0.1, 0.15) is 42.4 Å². The summed E-state index contributed by atoms with van der Waals surface area (Å²) in [5.74, 6) is -1.00. The van der Waals surface area contributed by atoms with Crippen LogP contribution >= 0.6 is 0 Å². The van der Waals surface area contributed by atoms with Gasteiger partial charge < -0.3 is 24.1 Å². The molecule has 0 spiro atoms. The summed E-state index contributed by atoms with van der Waals surface area (Å²) < 4.78 is 11.2. The molecule has 7 heteroatoms. The molecule has 0 saturated carbocycles. The van der Waals surface area contributed by atoms with Crippen LogP contribution in [-0.4, -0.2) is 59.9 Å². The minimum atomic E-state index is -0.687. The summed E-state index contributed by atoms with van der Waals surface area (Å²) in [7, 11) is 1.53. The van der Waals surface area contributed by atoms with E-state index in [9.17, 15) is 14.7 Å². The Morgan fingerprint density at radius 2 is 1.85 bits per heavy atom. The molecule has 1 aliphatic rings. The second kappa shape index (κ2) is 10.1. The highest BCUT2D eigenvalue weighted by atomic mass is 16.5. The van der Waals surface area contributed by atoms with Crippen LogP contribution in [0.15, 0.2) is 70.3 Å². The van der Waals surface area contributed by atoms with Crippen molar-refractivity contribution in [2.45, 2.75) is 26.3 Å². The van der Waals surface area contributed by atoms with Crippen LogP contribution in [0.25, 0.3) is 11.0 Å². The van der Waals surface area contributed by atoms with Gasteiger partial charge in [-0.2, -0.15) is 0 Å². The zero-order chi connectivity index (χ0) is 24.2. The van der Waals surface area contributed by atoms with Gasteiger partial charge in [-0.15, -0.1) is 0 Å². The molecule has 1 amide bonds. The third kappa shape index (κ3) is 4.31. The van der Waals surface area contributed by atoms with Crippen LogP contribution in [0, 0.1) is 0 Å². The average molecular weight is 463 g/mol. The number of nitrogens with zero attached hydrogens (tertiary/aromatic N) is 2. The van der Waals surface area contributed by atoms with Crippen LogP contribution in [0.5, 0.6) is 5.75 Å². The third-order valence-electron chi connectivity index (χ3n) is 6.38. The number of carbonyl (C=O) groups excluding carboxylic acids is 2. The summed E-state index contributed by atoms with van der Waals surface area (Å²) in [6.45, 7) is 7.30. The number of Topliss-reactive ketones (excluding diaryl/α,β-unsaturated/α-hetero) is 1. The summed E-state index contributed by atoms with van der Waals surface area (Å²) in [5, 5.41) is 11.6. The van der Waals surface area contributed by atoms with Gasteiger partial charge in [0.15, 0.2) is 22.9 Å². The number of ether oxygens (including phenoxy) is 1. The lowest BCUT2D eigenvalue weighted by molar-refractivity contribution is -0.129. The molecule has 178 valence electrons. The van der Waals surface area contributed by atoms with Gasteiger partial charge in [0.1, 0.15) is 0 Å². The van der Waals surface area contributed by atoms with Crippen molar-refractivity contribution in [2.24, 2.45) is 0 Å². The monoisotopic (exact) mass is 462 g/mol. The fourth-order valence-electron chi connectivity index (χ4n) is 4.54. The molecule has 0 bridgehead atoms. The van der Waals surface area contributed by atoms with Crippen LogP contribution in [-0.2, 0) is 4.79 Å². The van der Waals surface area contributed by atoms with Crippen LogP contribution < -0.4 is 4.74 Å². The van der Waals surface area contributed by atoms with Crippen molar-refractivity contribution in [1.82, 2.24) is 9.80 Å². The number of fused-ring (bicyclic) bond motifs is 1. The van der Waals surface area contributed by atoms with Crippen molar-refractivity contribution in [3.05, 3.63) is 77.3 Å². The molecule has 1 aromatic heterocycles. The second-order valence-corrected chi connectivity index (χ2v) is 8.27. The molecular weight excluding hydrogens is 432 g/mol. The molecule has 2 heterocycles. The highest BCUT2D eigenvalue weighted by Crippen LogP contribution is 2.40. The number of rotatable bonds is 10. The number of para-hydroxylation sites is 1. The summed E-state index contributed by atoms with van der Waals surface area (Å²) in [4.78, 5) is 30.6. The maximum atomic E-state index is 13.6. The van der Waals surface area contributed by atoms with E-state index in [4.69, 9.17) is 9.15 Å². The van der Waals surface area contributed by atoms with Gasteiger partial charge in [-0.3, -0.25) is 9.59 Å². The van der Waals surface area contributed by atoms with E-state index in [-0.39, 0.29) is 11.3 Å². The lowest BCUT2D eigenvalue weighted by Crippen LogP contribution is -2.34. The van der Waals surface area contributed by atoms with Crippen molar-refractivity contribution < 1.29 is 23.8 Å². The Morgan fingerprint density at radius 1 is 1.12 bits per heavy atom. The number of methoxy groups -OCH3 is 1. The molecular formula is C27H30N2O5. The van der Waals surface area contributed by atoms with E-state index in [1.807, 2.05) is 42.5 Å². The lowest BCUT2D eigenvalue weighted by atomic mass is 9.95. The first-order valence-electron chi connectivity index (χ1n) is 11.6. The summed E-state index contributed by atoms with van der Waals surface area (Å²) in [6, 6.07) is 15.6. The minimum absolute atomic E-state index is 0.0389. The van der Waals surface area contributed by atoms with Crippen molar-refractivity contribution >= 4 is 22.7 Å². The van der Waals surface area contributed by atoms with Crippen LogP contribution in [0.4, 0.5) is 0 Å². The molecule has 1 N–H and O–H groups in total. The van der Waals surface area contributed by atoms with Gasteiger partial charge in [-0.25, -0.2) is 0 Å². The number of amides is 1. The number of benzene rings is 2. The van der Waals surface area contributed by atoms with Crippen molar-refractivity contribution in [3.63, 3.8) is 0 Å². The van der Waals surface area contributed by atoms with Crippen LogP contribution in [0.2, 0.25) is 0 Å². The Hall–Kier alpha value is -3.58. The lowest BCUT2D eigenvalue weighted by Gasteiger charge is -2.28. The first-order valence-corrected chi connectivity index (χ1v) is 11.6. The first kappa shape index (κ1) is 23.6. The highest BCUT2D eigenvalue weighted by Gasteiger charge is 2.44. The number of furan rings is 1. The van der Waals surface area contributed by atoms with Gasteiger partial charge in [0.2, 0.25) is 5.78 Å². The summed E-state index contributed by atoms with van der Waals surface area (Å²) >= 11 is 0. The molecule has 4 rings (SSSR count). The van der Waals surface area contributed by atoms with Gasteiger partial charge in [0.05, 0.1) is 18.7 Å². The number of carbonyl (C=O) groups is 2. The number of ketones is 1. The Kier molecular flexibility index (Phi) is 7.03. The zero-order valence-electron chi connectivity index (χ0n) is 19.8. The average Bonchev–Trinajstić information content (AvgIpc) is 3.41. The van der Waals surface area contributed by atoms with Crippen LogP contribution in [0.3, 0.4) is 0 Å². The van der Waals surface area contributed by atoms with Gasteiger partial charge in [-0.05, 0) is 43.8 Å². The fraction of sp³-hybridized carbons (Fsp3) is 0.333. The number of aliphatic hydroxyl groups excluding tert-OH is 1. The maximum Gasteiger partial charge on any atom is 0.290 e. The van der Waals surface area contributed by atoms with E-state index in [0.717, 1.165) is 31.6 Å². The largest absolute Gasteiger partial charge is 0.503 e. The Bertz CT molecular complexity index is 1210. The zero-order valence-corrected chi connectivity index (χ0v) is 19.8. The van der Waals surface area contributed by atoms with E-state index in [1.165, 1.54) is 7.11 Å². The molecule has 7 nitrogen and oxygen atoms in total. The van der Waals surface area contributed by atoms with E-state index in [2.05, 4.69) is 18.7 Å². The van der Waals surface area contributed by atoms with Crippen molar-refractivity contribution in [2.75, 3.05) is 33.3 Å². The standard InChI is InChI=1S/C27H30N2O5/c1-4-28(5-2)15-10-16-29-23(18-11-7-6-8-12-18)22(25(31)27(29)32)24(30)21-17-19-13-9-14-20(33-3)26(19)34-21/h6-9,11-14,17,23,31H,4-5,10,15-16H2,1-3H3/t23-/m0/s1.